The monoisotopic (exact) mass is 326 g/mol. The van der Waals surface area contributed by atoms with Crippen molar-refractivity contribution in [2.45, 2.75) is 17.1 Å². The molecule has 0 radical (unpaired) electrons. The summed E-state index contributed by atoms with van der Waals surface area (Å²) in [5.41, 5.74) is 0.0735. The third kappa shape index (κ3) is 2.98. The highest BCUT2D eigenvalue weighted by atomic mass is 32.2. The molecule has 0 spiro atoms. The number of hydrogen-bond donors (Lipinski definition) is 2. The second kappa shape index (κ2) is 5.48. The van der Waals surface area contributed by atoms with Crippen LogP contribution in [0.15, 0.2) is 40.4 Å². The van der Waals surface area contributed by atoms with Crippen molar-refractivity contribution in [2.24, 2.45) is 0 Å². The SMILES string of the molecule is O=c1[nH]c(SCc2ccc(C(F)(F)F)cc2)nc2[nH]ncc12. The fourth-order valence-corrected chi connectivity index (χ4v) is 2.65. The third-order valence-electron chi connectivity index (χ3n) is 2.95. The van der Waals surface area contributed by atoms with Crippen LogP contribution < -0.4 is 5.56 Å². The van der Waals surface area contributed by atoms with Gasteiger partial charge in [0.15, 0.2) is 10.8 Å². The van der Waals surface area contributed by atoms with E-state index in [0.29, 0.717) is 27.5 Å². The van der Waals surface area contributed by atoms with Crippen LogP contribution in [-0.2, 0) is 11.9 Å². The highest BCUT2D eigenvalue weighted by Crippen LogP contribution is 2.30. The summed E-state index contributed by atoms with van der Waals surface area (Å²) in [6.07, 6.45) is -2.96. The Balaban J connectivity index is 1.75. The second-order valence-electron chi connectivity index (χ2n) is 4.49. The molecule has 1 aromatic carbocycles. The molecule has 0 aliphatic rings. The molecule has 2 aromatic heterocycles. The molecular weight excluding hydrogens is 317 g/mol. The van der Waals surface area contributed by atoms with Crippen LogP contribution in [0.4, 0.5) is 13.2 Å². The van der Waals surface area contributed by atoms with Gasteiger partial charge < -0.3 is 4.98 Å². The normalized spacial score (nSPS) is 12.0. The number of aromatic amines is 2. The van der Waals surface area contributed by atoms with Gasteiger partial charge in [-0.3, -0.25) is 9.89 Å². The van der Waals surface area contributed by atoms with Crippen molar-refractivity contribution in [3.8, 4) is 0 Å². The number of thioether (sulfide) groups is 1. The van der Waals surface area contributed by atoms with Gasteiger partial charge in [0.25, 0.3) is 5.56 Å². The molecule has 2 N–H and O–H groups in total. The van der Waals surface area contributed by atoms with E-state index >= 15 is 0 Å². The zero-order valence-corrected chi connectivity index (χ0v) is 11.8. The van der Waals surface area contributed by atoms with Crippen molar-refractivity contribution in [3.05, 3.63) is 51.9 Å². The number of halogens is 3. The van der Waals surface area contributed by atoms with Gasteiger partial charge in [-0.05, 0) is 17.7 Å². The van der Waals surface area contributed by atoms with Crippen molar-refractivity contribution in [2.75, 3.05) is 0 Å². The molecule has 22 heavy (non-hydrogen) atoms. The number of alkyl halides is 3. The van der Waals surface area contributed by atoms with Crippen molar-refractivity contribution in [1.29, 1.82) is 0 Å². The number of H-pyrrole nitrogens is 2. The van der Waals surface area contributed by atoms with E-state index in [2.05, 4.69) is 20.2 Å². The average molecular weight is 326 g/mol. The average Bonchev–Trinajstić information content (AvgIpc) is 2.93. The van der Waals surface area contributed by atoms with Gasteiger partial charge in [0, 0.05) is 5.75 Å². The first-order valence-electron chi connectivity index (χ1n) is 6.16. The van der Waals surface area contributed by atoms with E-state index < -0.39 is 11.7 Å². The number of rotatable bonds is 3. The van der Waals surface area contributed by atoms with E-state index in [0.717, 1.165) is 12.1 Å². The standard InChI is InChI=1S/C13H9F3N4OS/c14-13(15,16)8-3-1-7(2-4-8)6-22-12-18-10-9(5-17-20-10)11(21)19-12/h1-5H,6H2,(H2,17,18,19,20,21). The number of nitrogens with zero attached hydrogens (tertiary/aromatic N) is 2. The van der Waals surface area contributed by atoms with Crippen molar-refractivity contribution >= 4 is 22.8 Å². The molecule has 0 unspecified atom stereocenters. The van der Waals surface area contributed by atoms with Crippen LogP contribution in [0.3, 0.4) is 0 Å². The summed E-state index contributed by atoms with van der Waals surface area (Å²) in [6, 6.07) is 4.87. The molecule has 0 bridgehead atoms. The number of nitrogens with one attached hydrogen (secondary N) is 2. The topological polar surface area (TPSA) is 74.4 Å². The van der Waals surface area contributed by atoms with Crippen LogP contribution in [0, 0.1) is 0 Å². The van der Waals surface area contributed by atoms with Crippen LogP contribution in [-0.4, -0.2) is 20.2 Å². The highest BCUT2D eigenvalue weighted by Gasteiger charge is 2.29. The Morgan fingerprint density at radius 2 is 1.91 bits per heavy atom. The molecule has 0 fully saturated rings. The van der Waals surface area contributed by atoms with Gasteiger partial charge in [-0.25, -0.2) is 4.98 Å². The fraction of sp³-hybridized carbons (Fsp3) is 0.154. The molecule has 114 valence electrons. The van der Waals surface area contributed by atoms with Crippen LogP contribution >= 0.6 is 11.8 Å². The lowest BCUT2D eigenvalue weighted by molar-refractivity contribution is -0.137. The number of benzene rings is 1. The van der Waals surface area contributed by atoms with Gasteiger partial charge in [-0.2, -0.15) is 18.3 Å². The molecule has 0 aliphatic heterocycles. The Kier molecular flexibility index (Phi) is 3.65. The van der Waals surface area contributed by atoms with E-state index in [4.69, 9.17) is 0 Å². The molecule has 2 heterocycles. The molecule has 0 saturated carbocycles. The smallest absolute Gasteiger partial charge is 0.301 e. The van der Waals surface area contributed by atoms with Crippen LogP contribution in [0.25, 0.3) is 11.0 Å². The van der Waals surface area contributed by atoms with E-state index in [9.17, 15) is 18.0 Å². The Hall–Kier alpha value is -2.29. The largest absolute Gasteiger partial charge is 0.416 e. The highest BCUT2D eigenvalue weighted by molar-refractivity contribution is 7.98. The lowest BCUT2D eigenvalue weighted by atomic mass is 10.1. The minimum atomic E-state index is -4.34. The molecule has 0 amide bonds. The Morgan fingerprint density at radius 3 is 2.59 bits per heavy atom. The van der Waals surface area contributed by atoms with E-state index in [-0.39, 0.29) is 5.56 Å². The Bertz CT molecular complexity index is 854. The van der Waals surface area contributed by atoms with Crippen LogP contribution in [0.1, 0.15) is 11.1 Å². The van der Waals surface area contributed by atoms with E-state index in [1.807, 2.05) is 0 Å². The van der Waals surface area contributed by atoms with Crippen molar-refractivity contribution in [1.82, 2.24) is 20.2 Å². The first-order valence-corrected chi connectivity index (χ1v) is 7.14. The number of fused-ring (bicyclic) bond motifs is 1. The van der Waals surface area contributed by atoms with Gasteiger partial charge in [0.2, 0.25) is 0 Å². The van der Waals surface area contributed by atoms with E-state index in [1.54, 1.807) is 0 Å². The van der Waals surface area contributed by atoms with Gasteiger partial charge >= 0.3 is 6.18 Å². The second-order valence-corrected chi connectivity index (χ2v) is 5.45. The summed E-state index contributed by atoms with van der Waals surface area (Å²) >= 11 is 1.22. The molecule has 3 rings (SSSR count). The maximum atomic E-state index is 12.5. The summed E-state index contributed by atoms with van der Waals surface area (Å²) in [5, 5.41) is 7.07. The molecule has 3 aromatic rings. The molecule has 9 heteroatoms. The van der Waals surface area contributed by atoms with Gasteiger partial charge in [0.1, 0.15) is 5.39 Å². The minimum absolute atomic E-state index is 0.311. The number of aromatic nitrogens is 4. The summed E-state index contributed by atoms with van der Waals surface area (Å²) in [6.45, 7) is 0. The Morgan fingerprint density at radius 1 is 1.18 bits per heavy atom. The van der Waals surface area contributed by atoms with Gasteiger partial charge in [0.05, 0.1) is 11.8 Å². The zero-order valence-electron chi connectivity index (χ0n) is 10.9. The van der Waals surface area contributed by atoms with Crippen molar-refractivity contribution < 1.29 is 13.2 Å². The zero-order chi connectivity index (χ0) is 15.7. The summed E-state index contributed by atoms with van der Waals surface area (Å²) in [7, 11) is 0. The maximum absolute atomic E-state index is 12.5. The molecule has 0 saturated heterocycles. The minimum Gasteiger partial charge on any atom is -0.301 e. The van der Waals surface area contributed by atoms with Crippen LogP contribution in [0.2, 0.25) is 0 Å². The van der Waals surface area contributed by atoms with Gasteiger partial charge in [-0.1, -0.05) is 23.9 Å². The molecule has 0 atom stereocenters. The third-order valence-corrected chi connectivity index (χ3v) is 3.90. The first-order chi connectivity index (χ1) is 10.4. The van der Waals surface area contributed by atoms with Crippen molar-refractivity contribution in [3.63, 3.8) is 0 Å². The predicted molar refractivity (Wildman–Crippen MR) is 75.5 cm³/mol. The summed E-state index contributed by atoms with van der Waals surface area (Å²) in [5.74, 6) is 0.390. The lowest BCUT2D eigenvalue weighted by Gasteiger charge is -2.07. The summed E-state index contributed by atoms with van der Waals surface area (Å²) in [4.78, 5) is 18.5. The predicted octanol–water partition coefficient (Wildman–Crippen LogP) is 2.96. The Labute approximate surface area is 126 Å². The molecule has 0 aliphatic carbocycles. The van der Waals surface area contributed by atoms with E-state index in [1.165, 1.54) is 30.1 Å². The first kappa shape index (κ1) is 14.6. The quantitative estimate of drug-likeness (QED) is 0.573. The maximum Gasteiger partial charge on any atom is 0.416 e. The fourth-order valence-electron chi connectivity index (χ4n) is 1.83. The summed E-state index contributed by atoms with van der Waals surface area (Å²) < 4.78 is 37.4. The molecule has 5 nitrogen and oxygen atoms in total. The van der Waals surface area contributed by atoms with Gasteiger partial charge in [-0.15, -0.1) is 0 Å². The molecular formula is C13H9F3N4OS. The lowest BCUT2D eigenvalue weighted by Crippen LogP contribution is -2.08. The van der Waals surface area contributed by atoms with Crippen LogP contribution in [0.5, 0.6) is 0 Å². The number of hydrogen-bond acceptors (Lipinski definition) is 4.